The molecule has 0 aromatic heterocycles. The second-order valence-electron chi connectivity index (χ2n) is 6.53. The van der Waals surface area contributed by atoms with E-state index in [0.717, 1.165) is 30.6 Å². The third kappa shape index (κ3) is 5.25. The molecule has 1 saturated carbocycles. The van der Waals surface area contributed by atoms with Crippen molar-refractivity contribution < 1.29 is 19.1 Å². The lowest BCUT2D eigenvalue weighted by Gasteiger charge is -2.30. The topological polar surface area (TPSA) is 64.6 Å². The van der Waals surface area contributed by atoms with Gasteiger partial charge < -0.3 is 14.8 Å². The van der Waals surface area contributed by atoms with Crippen LogP contribution in [0, 0.1) is 5.92 Å². The summed E-state index contributed by atoms with van der Waals surface area (Å²) in [5.41, 5.74) is 0.828. The SMILES string of the molecule is COc1ccc(CC(=O)O[C@H](C)C(=O)N[C@H]2CCCC[C@@H]2C)cc1. The Kier molecular flexibility index (Phi) is 6.64. The lowest BCUT2D eigenvalue weighted by molar-refractivity contribution is -0.154. The number of amides is 1. The summed E-state index contributed by atoms with van der Waals surface area (Å²) in [4.78, 5) is 24.2. The number of hydrogen-bond acceptors (Lipinski definition) is 4. The minimum absolute atomic E-state index is 0.140. The van der Waals surface area contributed by atoms with Crippen molar-refractivity contribution in [2.45, 2.75) is 58.1 Å². The molecular formula is C19H27NO4. The minimum atomic E-state index is -0.773. The molecule has 5 heteroatoms. The van der Waals surface area contributed by atoms with Crippen LogP contribution in [0.15, 0.2) is 24.3 Å². The van der Waals surface area contributed by atoms with Gasteiger partial charge >= 0.3 is 5.97 Å². The van der Waals surface area contributed by atoms with Crippen molar-refractivity contribution in [2.24, 2.45) is 5.92 Å². The van der Waals surface area contributed by atoms with Gasteiger partial charge in [-0.05, 0) is 43.4 Å². The van der Waals surface area contributed by atoms with E-state index in [9.17, 15) is 9.59 Å². The molecule has 2 rings (SSSR count). The number of rotatable bonds is 6. The van der Waals surface area contributed by atoms with Crippen molar-refractivity contribution in [1.82, 2.24) is 5.32 Å². The van der Waals surface area contributed by atoms with Crippen LogP contribution in [0.5, 0.6) is 5.75 Å². The molecule has 3 atom stereocenters. The number of carbonyl (C=O) groups excluding carboxylic acids is 2. The van der Waals surface area contributed by atoms with E-state index in [1.165, 1.54) is 6.42 Å². The molecule has 0 spiro atoms. The van der Waals surface area contributed by atoms with Crippen molar-refractivity contribution in [3.8, 4) is 5.75 Å². The molecule has 0 heterocycles. The summed E-state index contributed by atoms with van der Waals surface area (Å²) in [6.07, 6.45) is 3.86. The first-order valence-electron chi connectivity index (χ1n) is 8.62. The molecule has 1 fully saturated rings. The van der Waals surface area contributed by atoms with Gasteiger partial charge in [-0.25, -0.2) is 0 Å². The summed E-state index contributed by atoms with van der Waals surface area (Å²) in [5, 5.41) is 3.02. The average molecular weight is 333 g/mol. The molecule has 1 aromatic carbocycles. The number of esters is 1. The molecule has 0 aliphatic heterocycles. The number of methoxy groups -OCH3 is 1. The van der Waals surface area contributed by atoms with Gasteiger partial charge in [0.2, 0.25) is 0 Å². The smallest absolute Gasteiger partial charge is 0.311 e. The maximum absolute atomic E-state index is 12.2. The first-order valence-corrected chi connectivity index (χ1v) is 8.62. The van der Waals surface area contributed by atoms with E-state index in [0.29, 0.717) is 5.92 Å². The summed E-state index contributed by atoms with van der Waals surface area (Å²) >= 11 is 0. The Morgan fingerprint density at radius 2 is 1.88 bits per heavy atom. The van der Waals surface area contributed by atoms with Crippen LogP contribution >= 0.6 is 0 Å². The van der Waals surface area contributed by atoms with E-state index in [1.54, 1.807) is 26.2 Å². The lowest BCUT2D eigenvalue weighted by Crippen LogP contribution is -2.46. The van der Waals surface area contributed by atoms with Gasteiger partial charge in [-0.15, -0.1) is 0 Å². The monoisotopic (exact) mass is 333 g/mol. The number of carbonyl (C=O) groups is 2. The van der Waals surface area contributed by atoms with Crippen LogP contribution in [0.1, 0.15) is 45.1 Å². The Labute approximate surface area is 143 Å². The first kappa shape index (κ1) is 18.3. The highest BCUT2D eigenvalue weighted by Crippen LogP contribution is 2.23. The predicted octanol–water partition coefficient (Wildman–Crippen LogP) is 2.86. The van der Waals surface area contributed by atoms with Crippen LogP contribution in [-0.2, 0) is 20.7 Å². The van der Waals surface area contributed by atoms with Gasteiger partial charge in [0.05, 0.1) is 13.5 Å². The fraction of sp³-hybridized carbons (Fsp3) is 0.579. The summed E-state index contributed by atoms with van der Waals surface area (Å²) in [6.45, 7) is 3.78. The standard InChI is InChI=1S/C19H27NO4/c1-13-6-4-5-7-17(13)20-19(22)14(2)24-18(21)12-15-8-10-16(23-3)11-9-15/h8-11,13-14,17H,4-7,12H2,1-3H3,(H,20,22)/t13-,14+,17-/m0/s1. The molecular weight excluding hydrogens is 306 g/mol. The molecule has 0 bridgehead atoms. The minimum Gasteiger partial charge on any atom is -0.497 e. The number of nitrogens with one attached hydrogen (secondary N) is 1. The van der Waals surface area contributed by atoms with Gasteiger partial charge in [0.15, 0.2) is 6.10 Å². The van der Waals surface area contributed by atoms with Crippen LogP contribution in [0.4, 0.5) is 0 Å². The average Bonchev–Trinajstić information content (AvgIpc) is 2.57. The summed E-state index contributed by atoms with van der Waals surface area (Å²) in [6, 6.07) is 7.41. The number of ether oxygens (including phenoxy) is 2. The molecule has 1 aliphatic rings. The Bertz CT molecular complexity index is 555. The maximum Gasteiger partial charge on any atom is 0.311 e. The number of hydrogen-bond donors (Lipinski definition) is 1. The molecule has 0 unspecified atom stereocenters. The van der Waals surface area contributed by atoms with E-state index in [-0.39, 0.29) is 18.4 Å². The van der Waals surface area contributed by atoms with Crippen LogP contribution in [0.25, 0.3) is 0 Å². The van der Waals surface area contributed by atoms with Gasteiger partial charge in [-0.1, -0.05) is 31.9 Å². The Hall–Kier alpha value is -2.04. The zero-order valence-electron chi connectivity index (χ0n) is 14.7. The molecule has 1 amide bonds. The third-order valence-electron chi connectivity index (χ3n) is 4.62. The highest BCUT2D eigenvalue weighted by Gasteiger charge is 2.26. The summed E-state index contributed by atoms with van der Waals surface area (Å²) in [5.74, 6) is 0.600. The van der Waals surface area contributed by atoms with Crippen molar-refractivity contribution in [3.05, 3.63) is 29.8 Å². The highest BCUT2D eigenvalue weighted by atomic mass is 16.5. The quantitative estimate of drug-likeness (QED) is 0.813. The summed E-state index contributed by atoms with van der Waals surface area (Å²) < 4.78 is 10.3. The van der Waals surface area contributed by atoms with E-state index < -0.39 is 12.1 Å². The maximum atomic E-state index is 12.2. The molecule has 1 N–H and O–H groups in total. The summed E-state index contributed by atoms with van der Waals surface area (Å²) in [7, 11) is 1.59. The van der Waals surface area contributed by atoms with Gasteiger partial charge in [-0.2, -0.15) is 0 Å². The normalized spacial score (nSPS) is 21.6. The molecule has 24 heavy (non-hydrogen) atoms. The molecule has 0 saturated heterocycles. The van der Waals surface area contributed by atoms with Crippen molar-refractivity contribution in [2.75, 3.05) is 7.11 Å². The fourth-order valence-corrected chi connectivity index (χ4v) is 3.03. The largest absolute Gasteiger partial charge is 0.497 e. The van der Waals surface area contributed by atoms with Crippen molar-refractivity contribution >= 4 is 11.9 Å². The van der Waals surface area contributed by atoms with E-state index >= 15 is 0 Å². The molecule has 0 radical (unpaired) electrons. The van der Waals surface area contributed by atoms with Gasteiger partial charge in [0.25, 0.3) is 5.91 Å². The van der Waals surface area contributed by atoms with E-state index in [2.05, 4.69) is 12.2 Å². The van der Waals surface area contributed by atoms with Crippen molar-refractivity contribution in [3.63, 3.8) is 0 Å². The second kappa shape index (κ2) is 8.71. The van der Waals surface area contributed by atoms with Gasteiger partial charge in [0, 0.05) is 6.04 Å². The molecule has 132 valence electrons. The molecule has 1 aliphatic carbocycles. The lowest BCUT2D eigenvalue weighted by atomic mass is 9.86. The Morgan fingerprint density at radius 1 is 1.21 bits per heavy atom. The first-order chi connectivity index (χ1) is 11.5. The van der Waals surface area contributed by atoms with Crippen LogP contribution in [-0.4, -0.2) is 31.1 Å². The predicted molar refractivity (Wildman–Crippen MR) is 91.8 cm³/mol. The zero-order valence-corrected chi connectivity index (χ0v) is 14.7. The number of benzene rings is 1. The Balaban J connectivity index is 1.80. The zero-order chi connectivity index (χ0) is 17.5. The fourth-order valence-electron chi connectivity index (χ4n) is 3.03. The van der Waals surface area contributed by atoms with E-state index in [1.807, 2.05) is 12.1 Å². The van der Waals surface area contributed by atoms with Gasteiger partial charge in [-0.3, -0.25) is 9.59 Å². The van der Waals surface area contributed by atoms with Gasteiger partial charge in [0.1, 0.15) is 5.75 Å². The van der Waals surface area contributed by atoms with Crippen LogP contribution in [0.2, 0.25) is 0 Å². The molecule has 1 aromatic rings. The second-order valence-corrected chi connectivity index (χ2v) is 6.53. The van der Waals surface area contributed by atoms with Crippen molar-refractivity contribution in [1.29, 1.82) is 0 Å². The van der Waals surface area contributed by atoms with E-state index in [4.69, 9.17) is 9.47 Å². The van der Waals surface area contributed by atoms with Crippen LogP contribution < -0.4 is 10.1 Å². The Morgan fingerprint density at radius 3 is 2.50 bits per heavy atom. The van der Waals surface area contributed by atoms with Crippen LogP contribution in [0.3, 0.4) is 0 Å². The molecule has 5 nitrogen and oxygen atoms in total. The highest BCUT2D eigenvalue weighted by molar-refractivity contribution is 5.84. The third-order valence-corrected chi connectivity index (χ3v) is 4.62.